The molecule has 0 unspecified atom stereocenters. The molecule has 3 rings (SSSR count). The molecule has 0 atom stereocenters. The molecule has 0 saturated carbocycles. The number of furan rings is 1. The third-order valence-corrected chi connectivity index (χ3v) is 5.93. The van der Waals surface area contributed by atoms with Gasteiger partial charge in [-0.3, -0.25) is 14.5 Å². The van der Waals surface area contributed by atoms with E-state index in [4.69, 9.17) is 33.3 Å². The van der Waals surface area contributed by atoms with Gasteiger partial charge >= 0.3 is 5.97 Å². The van der Waals surface area contributed by atoms with Crippen molar-refractivity contribution in [2.75, 3.05) is 6.54 Å². The van der Waals surface area contributed by atoms with Gasteiger partial charge in [0.15, 0.2) is 0 Å². The molecule has 1 amide bonds. The summed E-state index contributed by atoms with van der Waals surface area (Å²) in [6.07, 6.45) is 3.70. The number of hydrogen-bond donors (Lipinski definition) is 1. The Morgan fingerprint density at radius 2 is 2.07 bits per heavy atom. The summed E-state index contributed by atoms with van der Waals surface area (Å²) in [5.74, 6) is -0.524. The summed E-state index contributed by atoms with van der Waals surface area (Å²) in [4.78, 5) is 25.1. The number of rotatable bonds is 8. The fraction of sp³-hybridized carbons (Fsp3) is 0.250. The second-order valence-electron chi connectivity index (χ2n) is 6.36. The van der Waals surface area contributed by atoms with Gasteiger partial charge in [-0.2, -0.15) is 0 Å². The van der Waals surface area contributed by atoms with Gasteiger partial charge in [0.25, 0.3) is 5.91 Å². The van der Waals surface area contributed by atoms with Crippen molar-refractivity contribution in [1.29, 1.82) is 0 Å². The number of halogens is 2. The molecule has 29 heavy (non-hydrogen) atoms. The molecule has 0 spiro atoms. The van der Waals surface area contributed by atoms with Crippen molar-refractivity contribution in [3.05, 3.63) is 51.8 Å². The number of benzene rings is 1. The van der Waals surface area contributed by atoms with Crippen LogP contribution in [-0.2, 0) is 9.59 Å². The van der Waals surface area contributed by atoms with E-state index in [1.165, 1.54) is 34.9 Å². The minimum atomic E-state index is -0.821. The Kier molecular flexibility index (Phi) is 7.10. The number of nitrogens with zero attached hydrogens (tertiary/aromatic N) is 1. The van der Waals surface area contributed by atoms with E-state index in [2.05, 4.69) is 0 Å². The molecule has 1 fully saturated rings. The predicted octanol–water partition coefficient (Wildman–Crippen LogP) is 5.59. The third-order valence-electron chi connectivity index (χ3n) is 4.24. The van der Waals surface area contributed by atoms with E-state index in [1.54, 1.807) is 18.2 Å². The lowest BCUT2D eigenvalue weighted by molar-refractivity contribution is -0.137. The van der Waals surface area contributed by atoms with E-state index in [0.29, 0.717) is 52.1 Å². The van der Waals surface area contributed by atoms with Crippen LogP contribution in [0.5, 0.6) is 0 Å². The minimum absolute atomic E-state index is 0.122. The molecule has 1 saturated heterocycles. The van der Waals surface area contributed by atoms with E-state index in [9.17, 15) is 14.0 Å². The Morgan fingerprint density at radius 1 is 1.28 bits per heavy atom. The van der Waals surface area contributed by atoms with Gasteiger partial charge in [-0.05, 0) is 43.2 Å². The Balaban J connectivity index is 1.65. The topological polar surface area (TPSA) is 70.8 Å². The van der Waals surface area contributed by atoms with Crippen molar-refractivity contribution in [2.24, 2.45) is 0 Å². The zero-order valence-corrected chi connectivity index (χ0v) is 17.6. The number of carbonyl (C=O) groups is 2. The summed E-state index contributed by atoms with van der Waals surface area (Å²) < 4.78 is 19.4. The molecule has 9 heteroatoms. The number of thiocarbonyl (C=S) groups is 1. The summed E-state index contributed by atoms with van der Waals surface area (Å²) in [6.45, 7) is 0.455. The monoisotopic (exact) mass is 453 g/mol. The number of carboxylic acid groups (broad SMARTS) is 1. The summed E-state index contributed by atoms with van der Waals surface area (Å²) in [5, 5.41) is 8.89. The van der Waals surface area contributed by atoms with Crippen LogP contribution in [0.15, 0.2) is 39.7 Å². The van der Waals surface area contributed by atoms with Crippen molar-refractivity contribution < 1.29 is 23.5 Å². The van der Waals surface area contributed by atoms with Gasteiger partial charge in [0, 0.05) is 24.6 Å². The quantitative estimate of drug-likeness (QED) is 0.319. The first-order valence-corrected chi connectivity index (χ1v) is 10.5. The van der Waals surface area contributed by atoms with Gasteiger partial charge in [-0.1, -0.05) is 42.0 Å². The zero-order valence-electron chi connectivity index (χ0n) is 15.2. The maximum Gasteiger partial charge on any atom is 0.303 e. The third kappa shape index (κ3) is 5.46. The van der Waals surface area contributed by atoms with Crippen molar-refractivity contribution in [1.82, 2.24) is 4.90 Å². The molecule has 152 valence electrons. The number of amides is 1. The molecular weight excluding hydrogens is 437 g/mol. The SMILES string of the molecule is O=C(O)CCCCCN1C(=O)C(=Cc2ccc(-c3ccc(F)cc3Cl)o2)SC1=S. The summed E-state index contributed by atoms with van der Waals surface area (Å²) >= 11 is 12.5. The number of thioether (sulfide) groups is 1. The Morgan fingerprint density at radius 3 is 2.79 bits per heavy atom. The standard InChI is InChI=1S/C20H17ClFNO4S2/c21-15-10-12(22)5-7-14(15)16-8-6-13(27-16)11-17-19(26)23(20(28)29-17)9-3-1-2-4-18(24)25/h5-8,10-11H,1-4,9H2,(H,24,25). The predicted molar refractivity (Wildman–Crippen MR) is 115 cm³/mol. The summed E-state index contributed by atoms with van der Waals surface area (Å²) in [5.41, 5.74) is 0.557. The van der Waals surface area contributed by atoms with E-state index in [0.717, 1.165) is 0 Å². The van der Waals surface area contributed by atoms with Gasteiger partial charge in [0.05, 0.1) is 9.93 Å². The second kappa shape index (κ2) is 9.56. The molecule has 0 bridgehead atoms. The first-order chi connectivity index (χ1) is 13.8. The molecular formula is C20H17ClFNO4S2. The highest BCUT2D eigenvalue weighted by molar-refractivity contribution is 8.26. The van der Waals surface area contributed by atoms with E-state index >= 15 is 0 Å². The second-order valence-corrected chi connectivity index (χ2v) is 8.45. The lowest BCUT2D eigenvalue weighted by atomic mass is 10.2. The largest absolute Gasteiger partial charge is 0.481 e. The van der Waals surface area contributed by atoms with Crippen molar-refractivity contribution in [3.8, 4) is 11.3 Å². The van der Waals surface area contributed by atoms with Crippen LogP contribution in [0.3, 0.4) is 0 Å². The number of hydrogen-bond acceptors (Lipinski definition) is 5. The van der Waals surface area contributed by atoms with Crippen molar-refractivity contribution in [3.63, 3.8) is 0 Å². The Bertz CT molecular complexity index is 989. The molecule has 2 aromatic rings. The van der Waals surface area contributed by atoms with E-state index < -0.39 is 11.8 Å². The highest BCUT2D eigenvalue weighted by Gasteiger charge is 2.31. The van der Waals surface area contributed by atoms with Crippen molar-refractivity contribution >= 4 is 57.9 Å². The molecule has 0 radical (unpaired) electrons. The minimum Gasteiger partial charge on any atom is -0.481 e. The van der Waals surface area contributed by atoms with Gasteiger partial charge < -0.3 is 9.52 Å². The van der Waals surface area contributed by atoms with Crippen LogP contribution < -0.4 is 0 Å². The molecule has 0 aliphatic carbocycles. The fourth-order valence-electron chi connectivity index (χ4n) is 2.81. The van der Waals surface area contributed by atoms with Crippen LogP contribution in [0.2, 0.25) is 5.02 Å². The van der Waals surface area contributed by atoms with Crippen LogP contribution in [0.25, 0.3) is 17.4 Å². The average molecular weight is 454 g/mol. The normalized spacial score (nSPS) is 15.5. The highest BCUT2D eigenvalue weighted by atomic mass is 35.5. The highest BCUT2D eigenvalue weighted by Crippen LogP contribution is 2.35. The Labute approximate surface area is 181 Å². The van der Waals surface area contributed by atoms with Gasteiger partial charge in [0.2, 0.25) is 0 Å². The Hall–Kier alpha value is -2.16. The molecule has 2 heterocycles. The van der Waals surface area contributed by atoms with Gasteiger partial charge in [-0.15, -0.1) is 0 Å². The van der Waals surface area contributed by atoms with Crippen LogP contribution in [0, 0.1) is 5.82 Å². The van der Waals surface area contributed by atoms with Gasteiger partial charge in [0.1, 0.15) is 21.7 Å². The molecule has 1 N–H and O–H groups in total. The summed E-state index contributed by atoms with van der Waals surface area (Å²) in [7, 11) is 0. The molecule has 1 aromatic carbocycles. The molecule has 1 aromatic heterocycles. The van der Waals surface area contributed by atoms with Crippen LogP contribution in [0.1, 0.15) is 31.4 Å². The maximum absolute atomic E-state index is 13.2. The maximum atomic E-state index is 13.2. The zero-order chi connectivity index (χ0) is 21.0. The first-order valence-electron chi connectivity index (χ1n) is 8.87. The van der Waals surface area contributed by atoms with Crippen LogP contribution in [0.4, 0.5) is 4.39 Å². The van der Waals surface area contributed by atoms with Crippen LogP contribution >= 0.6 is 35.6 Å². The van der Waals surface area contributed by atoms with Crippen LogP contribution in [-0.4, -0.2) is 32.7 Å². The lowest BCUT2D eigenvalue weighted by Gasteiger charge is -2.13. The summed E-state index contributed by atoms with van der Waals surface area (Å²) in [6, 6.07) is 7.44. The molecule has 1 aliphatic rings. The lowest BCUT2D eigenvalue weighted by Crippen LogP contribution is -2.29. The fourth-order valence-corrected chi connectivity index (χ4v) is 4.36. The number of unbranched alkanes of at least 4 members (excludes halogenated alkanes) is 2. The number of carboxylic acids is 1. The van der Waals surface area contributed by atoms with E-state index in [1.807, 2.05) is 0 Å². The van der Waals surface area contributed by atoms with Gasteiger partial charge in [-0.25, -0.2) is 4.39 Å². The molecule has 5 nitrogen and oxygen atoms in total. The number of carbonyl (C=O) groups excluding carboxylic acids is 1. The smallest absolute Gasteiger partial charge is 0.303 e. The average Bonchev–Trinajstić information content (AvgIpc) is 3.21. The first kappa shape index (κ1) is 21.5. The van der Waals surface area contributed by atoms with Crippen molar-refractivity contribution in [2.45, 2.75) is 25.7 Å². The van der Waals surface area contributed by atoms with E-state index in [-0.39, 0.29) is 17.4 Å². The number of aliphatic carboxylic acids is 1. The molecule has 1 aliphatic heterocycles.